The van der Waals surface area contributed by atoms with Crippen LogP contribution in [0.5, 0.6) is 5.75 Å². The minimum absolute atomic E-state index is 0.243. The lowest BCUT2D eigenvalue weighted by molar-refractivity contribution is -0.151. The highest BCUT2D eigenvalue weighted by molar-refractivity contribution is 6.08. The first-order valence-electron chi connectivity index (χ1n) is 9.57. The smallest absolute Gasteiger partial charge is 0.326 e. The molecule has 0 unspecified atom stereocenters. The van der Waals surface area contributed by atoms with Crippen LogP contribution in [0.1, 0.15) is 32.3 Å². The molecule has 0 radical (unpaired) electrons. The van der Waals surface area contributed by atoms with E-state index in [1.54, 1.807) is 13.8 Å². The Morgan fingerprint density at radius 3 is 2.55 bits per heavy atom. The van der Waals surface area contributed by atoms with Crippen LogP contribution in [-0.2, 0) is 19.1 Å². The van der Waals surface area contributed by atoms with Crippen molar-refractivity contribution in [2.24, 2.45) is 0 Å². The summed E-state index contributed by atoms with van der Waals surface area (Å²) in [6.45, 7) is 5.00. The van der Waals surface area contributed by atoms with E-state index in [1.807, 2.05) is 31.2 Å². The highest BCUT2D eigenvalue weighted by Crippen LogP contribution is 2.24. The average molecular weight is 405 g/mol. The standard InChI is InChI=1S/C20H27N3O6/c1-4-20(5-2)18(26)23(19(27)22-20)12-17(25)29-13-16(24)21-9-10-28-15-8-6-7-14(3)11-15/h6-8,11H,4-5,9-10,12-13H2,1-3H3,(H,21,24)(H,22,27). The number of aryl methyl sites for hydroxylation is 1. The van der Waals surface area contributed by atoms with Crippen LogP contribution in [-0.4, -0.2) is 60.6 Å². The van der Waals surface area contributed by atoms with E-state index in [-0.39, 0.29) is 13.2 Å². The molecule has 1 saturated heterocycles. The molecule has 1 aliphatic rings. The molecule has 9 heteroatoms. The molecule has 1 fully saturated rings. The van der Waals surface area contributed by atoms with Crippen molar-refractivity contribution in [3.63, 3.8) is 0 Å². The Hall–Kier alpha value is -3.10. The number of urea groups is 1. The zero-order valence-corrected chi connectivity index (χ0v) is 16.9. The molecule has 1 aromatic carbocycles. The third kappa shape index (κ3) is 5.69. The molecular formula is C20H27N3O6. The fourth-order valence-corrected chi connectivity index (χ4v) is 2.99. The van der Waals surface area contributed by atoms with Crippen LogP contribution in [0.4, 0.5) is 4.79 Å². The summed E-state index contributed by atoms with van der Waals surface area (Å²) in [5, 5.41) is 5.19. The first kappa shape index (κ1) is 22.2. The molecule has 0 saturated carbocycles. The first-order valence-corrected chi connectivity index (χ1v) is 9.57. The number of hydrogen-bond donors (Lipinski definition) is 2. The minimum Gasteiger partial charge on any atom is -0.492 e. The molecule has 2 N–H and O–H groups in total. The van der Waals surface area contributed by atoms with Gasteiger partial charge in [-0.25, -0.2) is 4.79 Å². The van der Waals surface area contributed by atoms with Gasteiger partial charge in [-0.3, -0.25) is 19.3 Å². The molecule has 1 aliphatic heterocycles. The van der Waals surface area contributed by atoms with Crippen molar-refractivity contribution in [3.8, 4) is 5.75 Å². The molecule has 158 valence electrons. The number of amides is 4. The molecule has 29 heavy (non-hydrogen) atoms. The summed E-state index contributed by atoms with van der Waals surface area (Å²) in [7, 11) is 0. The number of nitrogens with one attached hydrogen (secondary N) is 2. The average Bonchev–Trinajstić information content (AvgIpc) is 2.94. The lowest BCUT2D eigenvalue weighted by atomic mass is 9.93. The van der Waals surface area contributed by atoms with Gasteiger partial charge in [-0.15, -0.1) is 0 Å². The van der Waals surface area contributed by atoms with Gasteiger partial charge < -0.3 is 20.1 Å². The molecule has 9 nitrogen and oxygen atoms in total. The van der Waals surface area contributed by atoms with Crippen LogP contribution in [0.15, 0.2) is 24.3 Å². The number of imide groups is 1. The summed E-state index contributed by atoms with van der Waals surface area (Å²) in [6, 6.07) is 6.89. The molecule has 0 atom stereocenters. The van der Waals surface area contributed by atoms with Gasteiger partial charge in [0.25, 0.3) is 11.8 Å². The number of rotatable bonds is 10. The van der Waals surface area contributed by atoms with Gasteiger partial charge in [-0.05, 0) is 37.5 Å². The number of esters is 1. The Labute approximate surface area is 169 Å². The van der Waals surface area contributed by atoms with E-state index < -0.39 is 42.5 Å². The summed E-state index contributed by atoms with van der Waals surface area (Å²) in [5.41, 5.74) is 0.0881. The topological polar surface area (TPSA) is 114 Å². The van der Waals surface area contributed by atoms with Gasteiger partial charge in [-0.1, -0.05) is 26.0 Å². The van der Waals surface area contributed by atoms with Crippen molar-refractivity contribution in [1.82, 2.24) is 15.5 Å². The molecule has 0 spiro atoms. The van der Waals surface area contributed by atoms with E-state index in [4.69, 9.17) is 9.47 Å². The second kappa shape index (κ2) is 9.90. The van der Waals surface area contributed by atoms with E-state index >= 15 is 0 Å². The van der Waals surface area contributed by atoms with Gasteiger partial charge in [0.2, 0.25) is 0 Å². The largest absolute Gasteiger partial charge is 0.492 e. The van der Waals surface area contributed by atoms with Crippen molar-refractivity contribution >= 4 is 23.8 Å². The van der Waals surface area contributed by atoms with Crippen molar-refractivity contribution in [2.45, 2.75) is 39.2 Å². The second-order valence-electron chi connectivity index (χ2n) is 6.79. The number of carbonyl (C=O) groups excluding carboxylic acids is 4. The third-order valence-corrected chi connectivity index (χ3v) is 4.79. The van der Waals surface area contributed by atoms with Crippen LogP contribution in [0.3, 0.4) is 0 Å². The predicted octanol–water partition coefficient (Wildman–Crippen LogP) is 1.14. The summed E-state index contributed by atoms with van der Waals surface area (Å²) >= 11 is 0. The van der Waals surface area contributed by atoms with E-state index in [1.165, 1.54) is 0 Å². The third-order valence-electron chi connectivity index (χ3n) is 4.79. The maximum Gasteiger partial charge on any atom is 0.326 e. The van der Waals surface area contributed by atoms with Crippen molar-refractivity contribution in [2.75, 3.05) is 26.3 Å². The fraction of sp³-hybridized carbons (Fsp3) is 0.500. The quantitative estimate of drug-likeness (QED) is 0.343. The number of benzene rings is 1. The maximum absolute atomic E-state index is 12.4. The van der Waals surface area contributed by atoms with Crippen LogP contribution in [0.25, 0.3) is 0 Å². The van der Waals surface area contributed by atoms with Crippen LogP contribution in [0.2, 0.25) is 0 Å². The molecule has 0 aromatic heterocycles. The minimum atomic E-state index is -0.980. The number of carbonyl (C=O) groups is 4. The molecule has 0 bridgehead atoms. The van der Waals surface area contributed by atoms with Crippen LogP contribution >= 0.6 is 0 Å². The molecule has 1 heterocycles. The lowest BCUT2D eigenvalue weighted by Crippen LogP contribution is -2.46. The van der Waals surface area contributed by atoms with E-state index in [0.717, 1.165) is 10.5 Å². The van der Waals surface area contributed by atoms with E-state index in [0.29, 0.717) is 18.6 Å². The predicted molar refractivity (Wildman–Crippen MR) is 104 cm³/mol. The number of hydrogen-bond acceptors (Lipinski definition) is 6. The first-order chi connectivity index (χ1) is 13.8. The van der Waals surface area contributed by atoms with Crippen molar-refractivity contribution in [1.29, 1.82) is 0 Å². The van der Waals surface area contributed by atoms with Gasteiger partial charge in [0.15, 0.2) is 6.61 Å². The highest BCUT2D eigenvalue weighted by atomic mass is 16.5. The second-order valence-corrected chi connectivity index (χ2v) is 6.79. The highest BCUT2D eigenvalue weighted by Gasteiger charge is 2.49. The molecule has 0 aliphatic carbocycles. The van der Waals surface area contributed by atoms with Gasteiger partial charge in [0.05, 0.1) is 6.54 Å². The summed E-state index contributed by atoms with van der Waals surface area (Å²) in [5.74, 6) is -1.08. The lowest BCUT2D eigenvalue weighted by Gasteiger charge is -2.22. The Bertz CT molecular complexity index is 775. The van der Waals surface area contributed by atoms with Gasteiger partial charge in [0, 0.05) is 0 Å². The van der Waals surface area contributed by atoms with Gasteiger partial charge >= 0.3 is 12.0 Å². The Morgan fingerprint density at radius 1 is 1.21 bits per heavy atom. The fourth-order valence-electron chi connectivity index (χ4n) is 2.99. The maximum atomic E-state index is 12.4. The van der Waals surface area contributed by atoms with Gasteiger partial charge in [-0.2, -0.15) is 0 Å². The normalized spacial score (nSPS) is 15.1. The Balaban J connectivity index is 1.69. The molecular weight excluding hydrogens is 378 g/mol. The molecule has 2 rings (SSSR count). The SMILES string of the molecule is CCC1(CC)NC(=O)N(CC(=O)OCC(=O)NCCOc2cccc(C)c2)C1=O. The van der Waals surface area contributed by atoms with E-state index in [9.17, 15) is 19.2 Å². The summed E-state index contributed by atoms with van der Waals surface area (Å²) in [4.78, 5) is 48.9. The molecule has 4 amide bonds. The Morgan fingerprint density at radius 2 is 1.93 bits per heavy atom. The van der Waals surface area contributed by atoms with Crippen molar-refractivity contribution < 1.29 is 28.7 Å². The number of ether oxygens (including phenoxy) is 2. The zero-order valence-electron chi connectivity index (χ0n) is 16.9. The Kier molecular flexibility index (Phi) is 7.58. The van der Waals surface area contributed by atoms with Gasteiger partial charge in [0.1, 0.15) is 24.4 Å². The summed E-state index contributed by atoms with van der Waals surface area (Å²) < 4.78 is 10.4. The monoisotopic (exact) mass is 405 g/mol. The number of nitrogens with zero attached hydrogens (tertiary/aromatic N) is 1. The van der Waals surface area contributed by atoms with Crippen LogP contribution < -0.4 is 15.4 Å². The van der Waals surface area contributed by atoms with E-state index in [2.05, 4.69) is 10.6 Å². The van der Waals surface area contributed by atoms with Crippen LogP contribution in [0, 0.1) is 6.92 Å². The zero-order chi connectivity index (χ0) is 21.4. The summed E-state index contributed by atoms with van der Waals surface area (Å²) in [6.07, 6.45) is 0.847. The van der Waals surface area contributed by atoms with Crippen molar-refractivity contribution in [3.05, 3.63) is 29.8 Å². The molecule has 1 aromatic rings.